The van der Waals surface area contributed by atoms with Gasteiger partial charge in [-0.25, -0.2) is 8.78 Å². The molecule has 0 radical (unpaired) electrons. The van der Waals surface area contributed by atoms with E-state index in [2.05, 4.69) is 17.6 Å². The summed E-state index contributed by atoms with van der Waals surface area (Å²) in [5, 5.41) is 0.510. The minimum absolute atomic E-state index is 0.0972. The fourth-order valence-corrected chi connectivity index (χ4v) is 4.06. The van der Waals surface area contributed by atoms with Crippen LogP contribution in [0.2, 0.25) is 0 Å². The van der Waals surface area contributed by atoms with Crippen molar-refractivity contribution in [2.24, 2.45) is 10.8 Å². The van der Waals surface area contributed by atoms with E-state index in [1.54, 1.807) is 12.2 Å². The van der Waals surface area contributed by atoms with Crippen LogP contribution in [0.3, 0.4) is 0 Å². The zero-order valence-corrected chi connectivity index (χ0v) is 22.2. The molecule has 1 aliphatic heterocycles. The van der Waals surface area contributed by atoms with Gasteiger partial charge in [0.25, 0.3) is 5.91 Å². The van der Waals surface area contributed by atoms with E-state index in [9.17, 15) is 18.4 Å². The number of benzene rings is 1. The van der Waals surface area contributed by atoms with E-state index in [4.69, 9.17) is 11.6 Å². The molecule has 7 heteroatoms. The molecule has 2 aliphatic rings. The van der Waals surface area contributed by atoms with E-state index >= 15 is 0 Å². The molecule has 3 rings (SSSR count). The van der Waals surface area contributed by atoms with Gasteiger partial charge in [-0.15, -0.1) is 5.73 Å². The zero-order valence-electron chi connectivity index (χ0n) is 21.4. The predicted octanol–water partition coefficient (Wildman–Crippen LogP) is 6.49. The minimum atomic E-state index is -0.865. The highest BCUT2D eigenvalue weighted by atomic mass is 35.5. The van der Waals surface area contributed by atoms with E-state index < -0.39 is 23.1 Å². The van der Waals surface area contributed by atoms with E-state index in [0.717, 1.165) is 49.8 Å². The Morgan fingerprint density at radius 1 is 1.23 bits per heavy atom. The monoisotopic (exact) mass is 504 g/mol. The average Bonchev–Trinajstić information content (AvgIpc) is 2.97. The molecular weight excluding hydrogens is 470 g/mol. The number of nitrogens with zero attached hydrogens (tertiary/aromatic N) is 2. The molecule has 190 valence electrons. The molecule has 1 aromatic rings. The largest absolute Gasteiger partial charge is 0.309 e. The smallest absolute Gasteiger partial charge is 0.264 e. The molecule has 0 spiro atoms. The van der Waals surface area contributed by atoms with Gasteiger partial charge in [0, 0.05) is 28.5 Å². The second kappa shape index (κ2) is 11.9. The highest BCUT2D eigenvalue weighted by Crippen LogP contribution is 2.47. The number of halogens is 3. The third kappa shape index (κ3) is 6.78. The topological polar surface area (TPSA) is 40.6 Å². The van der Waals surface area contributed by atoms with Crippen LogP contribution < -0.4 is 0 Å². The number of allylic oxidation sites excluding steroid dienone is 3. The molecule has 0 bridgehead atoms. The quantitative estimate of drug-likeness (QED) is 0.314. The second-order valence-electron chi connectivity index (χ2n) is 9.92. The van der Waals surface area contributed by atoms with Crippen LogP contribution in [0, 0.1) is 22.5 Å². The van der Waals surface area contributed by atoms with Gasteiger partial charge >= 0.3 is 0 Å². The van der Waals surface area contributed by atoms with Crippen LogP contribution >= 0.6 is 11.6 Å². The summed E-state index contributed by atoms with van der Waals surface area (Å²) in [6.07, 6.45) is 8.61. The highest BCUT2D eigenvalue weighted by Gasteiger charge is 2.45. The maximum atomic E-state index is 14.3. The lowest BCUT2D eigenvalue weighted by atomic mass is 9.75. The lowest BCUT2D eigenvalue weighted by molar-refractivity contribution is -0.114. The van der Waals surface area contributed by atoms with Crippen LogP contribution in [0.1, 0.15) is 57.3 Å². The van der Waals surface area contributed by atoms with Gasteiger partial charge in [0.15, 0.2) is 0 Å². The molecule has 0 saturated carbocycles. The van der Waals surface area contributed by atoms with Gasteiger partial charge in [-0.05, 0) is 69.8 Å². The summed E-state index contributed by atoms with van der Waals surface area (Å²) in [4.78, 5) is 26.8. The van der Waals surface area contributed by atoms with Gasteiger partial charge in [0.05, 0.1) is 5.70 Å². The van der Waals surface area contributed by atoms with Gasteiger partial charge in [-0.1, -0.05) is 45.4 Å². The van der Waals surface area contributed by atoms with Crippen LogP contribution in [0.4, 0.5) is 8.78 Å². The minimum Gasteiger partial charge on any atom is -0.309 e. The summed E-state index contributed by atoms with van der Waals surface area (Å²) < 4.78 is 28.5. The van der Waals surface area contributed by atoms with Gasteiger partial charge in [0.2, 0.25) is 0 Å². The first-order chi connectivity index (χ1) is 16.4. The van der Waals surface area contributed by atoms with Crippen molar-refractivity contribution in [3.05, 3.63) is 75.7 Å². The lowest BCUT2D eigenvalue weighted by Crippen LogP contribution is -2.36. The van der Waals surface area contributed by atoms with Crippen LogP contribution in [0.5, 0.6) is 0 Å². The summed E-state index contributed by atoms with van der Waals surface area (Å²) in [6.45, 7) is 9.08. The Morgan fingerprint density at radius 2 is 1.86 bits per heavy atom. The highest BCUT2D eigenvalue weighted by molar-refractivity contribution is 6.31. The fraction of sp³-hybridized carbons (Fsp3) is 0.464. The van der Waals surface area contributed by atoms with Crippen LogP contribution in [0.25, 0.3) is 0 Å². The molecule has 1 aliphatic carbocycles. The maximum Gasteiger partial charge on any atom is 0.264 e. The second-order valence-corrected chi connectivity index (χ2v) is 10.4. The molecule has 1 aromatic carbocycles. The third-order valence-electron chi connectivity index (χ3n) is 6.69. The third-order valence-corrected chi connectivity index (χ3v) is 6.91. The molecule has 1 unspecified atom stereocenters. The number of amides is 1. The lowest BCUT2D eigenvalue weighted by Gasteiger charge is -2.32. The number of carbonyl (C=O) groups is 2. The molecular formula is C28H35ClF2N2O2. The standard InChI is InChI=1S/C22H23ClF2N2O.C6H12O/c1-4-22(11-12-26(2)3)14-27(19-10-5-7-15(23)13-16(19)22)21(28)20-17(24)8-6-9-18(20)25;1-4-6(2,3)5-7/h6-10,13H,4,11-12,14H2,1-3H3;5H,4H2,1-3H3. The van der Waals surface area contributed by atoms with Crippen molar-refractivity contribution in [3.63, 3.8) is 0 Å². The number of rotatable bonds is 7. The van der Waals surface area contributed by atoms with Gasteiger partial charge in [-0.2, -0.15) is 0 Å². The van der Waals surface area contributed by atoms with Crippen LogP contribution in [-0.2, 0) is 4.79 Å². The fourth-order valence-electron chi connectivity index (χ4n) is 3.88. The first-order valence-electron chi connectivity index (χ1n) is 11.8. The molecule has 0 N–H and O–H groups in total. The molecule has 1 amide bonds. The molecule has 0 aromatic heterocycles. The van der Waals surface area contributed by atoms with Gasteiger partial charge in [0.1, 0.15) is 23.5 Å². The van der Waals surface area contributed by atoms with Crippen molar-refractivity contribution in [1.29, 1.82) is 0 Å². The molecule has 1 atom stereocenters. The van der Waals surface area contributed by atoms with E-state index in [0.29, 0.717) is 17.3 Å². The van der Waals surface area contributed by atoms with Crippen LogP contribution in [-0.4, -0.2) is 49.2 Å². The molecule has 0 fully saturated rings. The Morgan fingerprint density at radius 3 is 2.34 bits per heavy atom. The SMILES string of the molecule is CCC(C)(C)C=O.CCC1(CCN(C)C)CN(C(=O)c2c(F)cccc2F)C2=C1C=C(Cl)C=C=C2. The number of carbonyl (C=O) groups excluding carboxylic acids is 2. The Labute approximate surface area is 212 Å². The first kappa shape index (κ1) is 28.7. The van der Waals surface area contributed by atoms with Crippen molar-refractivity contribution < 1.29 is 18.4 Å². The van der Waals surface area contributed by atoms with Crippen molar-refractivity contribution in [2.45, 2.75) is 47.0 Å². The number of hydrogen-bond acceptors (Lipinski definition) is 3. The average molecular weight is 505 g/mol. The molecule has 0 saturated heterocycles. The summed E-state index contributed by atoms with van der Waals surface area (Å²) >= 11 is 6.28. The van der Waals surface area contributed by atoms with Crippen molar-refractivity contribution in [3.8, 4) is 0 Å². The Kier molecular flexibility index (Phi) is 9.79. The molecule has 1 heterocycles. The zero-order chi connectivity index (χ0) is 26.4. The maximum absolute atomic E-state index is 14.3. The Bertz CT molecular complexity index is 1060. The van der Waals surface area contributed by atoms with E-state index in [1.165, 1.54) is 11.0 Å². The molecule has 4 nitrogen and oxygen atoms in total. The number of hydrogen-bond donors (Lipinski definition) is 0. The summed E-state index contributed by atoms with van der Waals surface area (Å²) in [5.41, 5.74) is 3.48. The van der Waals surface area contributed by atoms with Crippen molar-refractivity contribution in [2.75, 3.05) is 27.2 Å². The van der Waals surface area contributed by atoms with Crippen molar-refractivity contribution >= 4 is 23.8 Å². The number of aldehydes is 1. The van der Waals surface area contributed by atoms with Gasteiger partial charge in [-0.3, -0.25) is 4.79 Å². The van der Waals surface area contributed by atoms with E-state index in [-0.39, 0.29) is 10.8 Å². The Hall–Kier alpha value is -2.53. The summed E-state index contributed by atoms with van der Waals surface area (Å²) in [7, 11) is 3.98. The predicted molar refractivity (Wildman–Crippen MR) is 137 cm³/mol. The van der Waals surface area contributed by atoms with Crippen molar-refractivity contribution in [1.82, 2.24) is 9.80 Å². The summed E-state index contributed by atoms with van der Waals surface area (Å²) in [5.74, 6) is -2.42. The van der Waals surface area contributed by atoms with E-state index in [1.807, 2.05) is 40.9 Å². The normalized spacial score (nSPS) is 19.3. The molecule has 35 heavy (non-hydrogen) atoms. The summed E-state index contributed by atoms with van der Waals surface area (Å²) in [6, 6.07) is 3.45. The van der Waals surface area contributed by atoms with Crippen LogP contribution in [0.15, 0.2) is 58.5 Å². The Balaban J connectivity index is 0.000000540. The van der Waals surface area contributed by atoms with Gasteiger partial charge < -0.3 is 14.6 Å². The first-order valence-corrected chi connectivity index (χ1v) is 12.2.